The minimum Gasteiger partial charge on any atom is -0.493 e. The van der Waals surface area contributed by atoms with Gasteiger partial charge in [-0.15, -0.1) is 0 Å². The molecule has 0 aromatic heterocycles. The molecule has 2 N–H and O–H groups in total. The van der Waals surface area contributed by atoms with Gasteiger partial charge in [0, 0.05) is 18.2 Å². The number of nitrogens with two attached hydrogens (primary N) is 1. The van der Waals surface area contributed by atoms with Gasteiger partial charge in [-0.3, -0.25) is 0 Å². The maximum absolute atomic E-state index is 6.20. The number of benzene rings is 1. The first-order valence-electron chi connectivity index (χ1n) is 5.47. The van der Waals surface area contributed by atoms with Crippen LogP contribution < -0.4 is 15.2 Å². The van der Waals surface area contributed by atoms with E-state index in [-0.39, 0.29) is 0 Å². The first-order chi connectivity index (χ1) is 7.95. The molecule has 0 spiro atoms. The van der Waals surface area contributed by atoms with Crippen LogP contribution in [0, 0.1) is 0 Å². The molecule has 0 saturated carbocycles. The Morgan fingerprint density at radius 2 is 1.76 bits per heavy atom. The summed E-state index contributed by atoms with van der Waals surface area (Å²) in [5, 5.41) is 0. The fraction of sp³-hybridized carbons (Fsp3) is 0.538. The predicted molar refractivity (Wildman–Crippen MR) is 67.5 cm³/mol. The molecule has 17 heavy (non-hydrogen) atoms. The Hall–Kier alpha value is -1.26. The molecule has 96 valence electrons. The average molecular weight is 239 g/mol. The number of rotatable bonds is 5. The molecule has 1 aromatic carbocycles. The molecule has 0 heterocycles. The van der Waals surface area contributed by atoms with Crippen molar-refractivity contribution in [1.29, 1.82) is 0 Å². The third-order valence-corrected chi connectivity index (χ3v) is 2.58. The van der Waals surface area contributed by atoms with E-state index in [9.17, 15) is 0 Å². The highest BCUT2D eigenvalue weighted by molar-refractivity contribution is 5.53. The van der Waals surface area contributed by atoms with Gasteiger partial charge in [-0.05, 0) is 25.5 Å². The standard InChI is InChI=1S/C13H21NO3/c1-13(2,14)11-9(8-15-3)6-7-10(16-4)12(11)17-5/h6-7H,8,14H2,1-5H3. The molecule has 0 aliphatic carbocycles. The molecule has 1 aromatic rings. The third kappa shape index (κ3) is 2.90. The Morgan fingerprint density at radius 1 is 1.12 bits per heavy atom. The van der Waals surface area contributed by atoms with E-state index in [1.807, 2.05) is 26.0 Å². The van der Waals surface area contributed by atoms with E-state index < -0.39 is 5.54 Å². The highest BCUT2D eigenvalue weighted by Crippen LogP contribution is 2.39. The van der Waals surface area contributed by atoms with Gasteiger partial charge in [0.15, 0.2) is 11.5 Å². The van der Waals surface area contributed by atoms with Crippen LogP contribution in [0.1, 0.15) is 25.0 Å². The Balaban J connectivity index is 3.44. The van der Waals surface area contributed by atoms with Crippen LogP contribution in [0.4, 0.5) is 0 Å². The summed E-state index contributed by atoms with van der Waals surface area (Å²) in [6.07, 6.45) is 0. The van der Waals surface area contributed by atoms with Gasteiger partial charge in [-0.1, -0.05) is 6.07 Å². The zero-order valence-electron chi connectivity index (χ0n) is 11.2. The molecule has 0 amide bonds. The lowest BCUT2D eigenvalue weighted by Crippen LogP contribution is -2.31. The van der Waals surface area contributed by atoms with E-state index in [0.717, 1.165) is 11.1 Å². The minimum atomic E-state index is -0.520. The number of hydrogen-bond acceptors (Lipinski definition) is 4. The summed E-state index contributed by atoms with van der Waals surface area (Å²) in [4.78, 5) is 0. The summed E-state index contributed by atoms with van der Waals surface area (Å²) >= 11 is 0. The molecule has 0 aliphatic rings. The lowest BCUT2D eigenvalue weighted by molar-refractivity contribution is 0.182. The summed E-state index contributed by atoms with van der Waals surface area (Å²) in [5.74, 6) is 1.36. The van der Waals surface area contributed by atoms with Crippen molar-refractivity contribution >= 4 is 0 Å². The fourth-order valence-electron chi connectivity index (χ4n) is 1.95. The summed E-state index contributed by atoms with van der Waals surface area (Å²) in [6.45, 7) is 4.36. The van der Waals surface area contributed by atoms with Gasteiger partial charge in [-0.25, -0.2) is 0 Å². The van der Waals surface area contributed by atoms with E-state index in [2.05, 4.69) is 0 Å². The van der Waals surface area contributed by atoms with Crippen molar-refractivity contribution in [2.24, 2.45) is 5.73 Å². The molecular weight excluding hydrogens is 218 g/mol. The van der Waals surface area contributed by atoms with E-state index in [1.165, 1.54) is 0 Å². The Morgan fingerprint density at radius 3 is 2.18 bits per heavy atom. The largest absolute Gasteiger partial charge is 0.493 e. The van der Waals surface area contributed by atoms with Crippen LogP contribution >= 0.6 is 0 Å². The number of methoxy groups -OCH3 is 3. The third-order valence-electron chi connectivity index (χ3n) is 2.58. The van der Waals surface area contributed by atoms with Crippen molar-refractivity contribution in [1.82, 2.24) is 0 Å². The van der Waals surface area contributed by atoms with Crippen molar-refractivity contribution in [3.05, 3.63) is 23.3 Å². The van der Waals surface area contributed by atoms with E-state index in [0.29, 0.717) is 18.1 Å². The second-order valence-corrected chi connectivity index (χ2v) is 4.49. The topological polar surface area (TPSA) is 53.7 Å². The molecule has 0 fully saturated rings. The Kier molecular flexibility index (Phi) is 4.37. The van der Waals surface area contributed by atoms with Gasteiger partial charge in [0.05, 0.1) is 20.8 Å². The van der Waals surface area contributed by atoms with Gasteiger partial charge in [0.1, 0.15) is 0 Å². The normalized spacial score (nSPS) is 11.4. The van der Waals surface area contributed by atoms with Gasteiger partial charge in [-0.2, -0.15) is 0 Å². The molecule has 0 aliphatic heterocycles. The first-order valence-corrected chi connectivity index (χ1v) is 5.47. The SMILES string of the molecule is COCc1ccc(OC)c(OC)c1C(C)(C)N. The molecular formula is C13H21NO3. The van der Waals surface area contributed by atoms with Gasteiger partial charge >= 0.3 is 0 Å². The van der Waals surface area contributed by atoms with Crippen molar-refractivity contribution < 1.29 is 14.2 Å². The fourth-order valence-corrected chi connectivity index (χ4v) is 1.95. The van der Waals surface area contributed by atoms with Crippen molar-refractivity contribution in [2.45, 2.75) is 26.0 Å². The summed E-state index contributed by atoms with van der Waals surface area (Å²) in [6, 6.07) is 3.82. The Labute approximate surface area is 103 Å². The average Bonchev–Trinajstić information content (AvgIpc) is 2.27. The quantitative estimate of drug-likeness (QED) is 0.854. The lowest BCUT2D eigenvalue weighted by Gasteiger charge is -2.26. The van der Waals surface area contributed by atoms with Crippen LogP contribution in [0.2, 0.25) is 0 Å². The van der Waals surface area contributed by atoms with Crippen molar-refractivity contribution in [3.63, 3.8) is 0 Å². The number of ether oxygens (including phenoxy) is 3. The molecule has 0 atom stereocenters. The Bertz CT molecular complexity index is 383. The molecule has 4 nitrogen and oxygen atoms in total. The molecule has 0 bridgehead atoms. The minimum absolute atomic E-state index is 0.496. The van der Waals surface area contributed by atoms with Crippen molar-refractivity contribution in [3.8, 4) is 11.5 Å². The maximum Gasteiger partial charge on any atom is 0.166 e. The summed E-state index contributed by atoms with van der Waals surface area (Å²) < 4.78 is 15.9. The second-order valence-electron chi connectivity index (χ2n) is 4.49. The molecule has 0 saturated heterocycles. The van der Waals surface area contributed by atoms with E-state index in [4.69, 9.17) is 19.9 Å². The molecule has 0 unspecified atom stereocenters. The predicted octanol–water partition coefficient (Wildman–Crippen LogP) is 2.04. The molecule has 1 rings (SSSR count). The van der Waals surface area contributed by atoms with Crippen LogP contribution in [0.3, 0.4) is 0 Å². The van der Waals surface area contributed by atoms with Crippen LogP contribution in [-0.2, 0) is 16.9 Å². The zero-order chi connectivity index (χ0) is 13.1. The van der Waals surface area contributed by atoms with Gasteiger partial charge in [0.25, 0.3) is 0 Å². The van der Waals surface area contributed by atoms with Crippen LogP contribution in [-0.4, -0.2) is 21.3 Å². The summed E-state index contributed by atoms with van der Waals surface area (Å²) in [5.41, 5.74) is 7.61. The monoisotopic (exact) mass is 239 g/mol. The summed E-state index contributed by atoms with van der Waals surface area (Å²) in [7, 11) is 4.88. The van der Waals surface area contributed by atoms with Crippen LogP contribution in [0.25, 0.3) is 0 Å². The van der Waals surface area contributed by atoms with E-state index >= 15 is 0 Å². The van der Waals surface area contributed by atoms with E-state index in [1.54, 1.807) is 21.3 Å². The zero-order valence-corrected chi connectivity index (χ0v) is 11.2. The van der Waals surface area contributed by atoms with Gasteiger partial charge < -0.3 is 19.9 Å². The molecule has 0 radical (unpaired) electrons. The number of hydrogen-bond donors (Lipinski definition) is 1. The maximum atomic E-state index is 6.20. The van der Waals surface area contributed by atoms with Crippen LogP contribution in [0.5, 0.6) is 11.5 Å². The first kappa shape index (κ1) is 13.8. The highest BCUT2D eigenvalue weighted by atomic mass is 16.5. The second kappa shape index (κ2) is 5.38. The highest BCUT2D eigenvalue weighted by Gasteiger charge is 2.25. The van der Waals surface area contributed by atoms with Gasteiger partial charge in [0.2, 0.25) is 0 Å². The van der Waals surface area contributed by atoms with Crippen LogP contribution in [0.15, 0.2) is 12.1 Å². The van der Waals surface area contributed by atoms with Crippen molar-refractivity contribution in [2.75, 3.05) is 21.3 Å². The molecule has 4 heteroatoms. The lowest BCUT2D eigenvalue weighted by atomic mass is 9.89. The smallest absolute Gasteiger partial charge is 0.166 e.